The molecule has 0 radical (unpaired) electrons. The summed E-state index contributed by atoms with van der Waals surface area (Å²) in [4.78, 5) is 17.0. The molecule has 7 heteroatoms. The Morgan fingerprint density at radius 3 is 2.64 bits per heavy atom. The average molecular weight is 423 g/mol. The van der Waals surface area contributed by atoms with E-state index in [1.54, 1.807) is 47.3 Å². The van der Waals surface area contributed by atoms with Crippen LogP contribution in [0.1, 0.15) is 27.8 Å². The van der Waals surface area contributed by atoms with E-state index in [9.17, 15) is 9.18 Å². The number of rotatable bonds is 4. The molecular formula is C18H14BrClFN3O. The smallest absolute Gasteiger partial charge is 0.255 e. The summed E-state index contributed by atoms with van der Waals surface area (Å²) >= 11 is 9.21. The predicted molar refractivity (Wildman–Crippen MR) is 98.1 cm³/mol. The number of amides is 1. The Labute approximate surface area is 157 Å². The van der Waals surface area contributed by atoms with Gasteiger partial charge in [0.15, 0.2) is 0 Å². The molecule has 1 aromatic heterocycles. The lowest BCUT2D eigenvalue weighted by Gasteiger charge is -2.19. The molecule has 0 spiro atoms. The number of halogens is 3. The highest BCUT2D eigenvalue weighted by molar-refractivity contribution is 9.10. The fourth-order valence-corrected chi connectivity index (χ4v) is 2.97. The number of imidazole rings is 1. The number of nitrogens with zero attached hydrogens (tertiary/aromatic N) is 2. The van der Waals surface area contributed by atoms with Crippen LogP contribution in [0.5, 0.6) is 0 Å². The first kappa shape index (κ1) is 17.6. The summed E-state index contributed by atoms with van der Waals surface area (Å²) in [5, 5.41) is 3.44. The molecule has 1 N–H and O–H groups in total. The average Bonchev–Trinajstić information content (AvgIpc) is 3.01. The molecular weight excluding hydrogens is 409 g/mol. The van der Waals surface area contributed by atoms with Crippen LogP contribution in [0.15, 0.2) is 59.3 Å². The lowest BCUT2D eigenvalue weighted by atomic mass is 10.1. The van der Waals surface area contributed by atoms with Crippen LogP contribution in [-0.2, 0) is 7.05 Å². The first-order valence-corrected chi connectivity index (χ1v) is 8.61. The second kappa shape index (κ2) is 7.37. The molecule has 0 bridgehead atoms. The molecule has 3 rings (SSSR count). The summed E-state index contributed by atoms with van der Waals surface area (Å²) in [5.41, 5.74) is 0.755. The van der Waals surface area contributed by atoms with E-state index < -0.39 is 17.8 Å². The van der Waals surface area contributed by atoms with Crippen molar-refractivity contribution in [2.24, 2.45) is 7.05 Å². The molecule has 0 aliphatic rings. The van der Waals surface area contributed by atoms with Crippen LogP contribution >= 0.6 is 27.5 Å². The van der Waals surface area contributed by atoms with Crippen LogP contribution in [0.3, 0.4) is 0 Å². The van der Waals surface area contributed by atoms with Gasteiger partial charge >= 0.3 is 0 Å². The van der Waals surface area contributed by atoms with Crippen LogP contribution in [0.2, 0.25) is 5.02 Å². The molecule has 128 valence electrons. The minimum atomic E-state index is -0.588. The first-order valence-electron chi connectivity index (χ1n) is 7.44. The Hall–Kier alpha value is -2.18. The topological polar surface area (TPSA) is 46.9 Å². The number of nitrogens with one attached hydrogen (secondary N) is 1. The van der Waals surface area contributed by atoms with Gasteiger partial charge in [0, 0.05) is 28.9 Å². The van der Waals surface area contributed by atoms with Gasteiger partial charge in [0.1, 0.15) is 17.7 Å². The number of benzene rings is 2. The van der Waals surface area contributed by atoms with Crippen LogP contribution < -0.4 is 5.32 Å². The molecule has 3 aromatic rings. The van der Waals surface area contributed by atoms with Crippen LogP contribution in [0, 0.1) is 5.82 Å². The molecule has 0 fully saturated rings. The van der Waals surface area contributed by atoms with E-state index in [0.717, 1.165) is 5.56 Å². The van der Waals surface area contributed by atoms with Gasteiger partial charge in [-0.05, 0) is 35.9 Å². The van der Waals surface area contributed by atoms with Crippen molar-refractivity contribution in [1.29, 1.82) is 0 Å². The monoisotopic (exact) mass is 421 g/mol. The number of hydrogen-bond donors (Lipinski definition) is 1. The van der Waals surface area contributed by atoms with Crippen molar-refractivity contribution in [3.8, 4) is 0 Å². The molecule has 0 saturated carbocycles. The van der Waals surface area contributed by atoms with Crippen molar-refractivity contribution in [3.63, 3.8) is 0 Å². The molecule has 0 aliphatic heterocycles. The highest BCUT2D eigenvalue weighted by Gasteiger charge is 2.23. The third-order valence-corrected chi connectivity index (χ3v) is 4.51. The van der Waals surface area contributed by atoms with Crippen molar-refractivity contribution in [3.05, 3.63) is 87.1 Å². The first-order chi connectivity index (χ1) is 12.0. The predicted octanol–water partition coefficient (Wildman–Crippen LogP) is 4.49. The zero-order valence-corrected chi connectivity index (χ0v) is 15.6. The summed E-state index contributed by atoms with van der Waals surface area (Å²) in [6.07, 6.45) is 3.42. The van der Waals surface area contributed by atoms with E-state index in [2.05, 4.69) is 26.2 Å². The third kappa shape index (κ3) is 3.91. The lowest BCUT2D eigenvalue weighted by Crippen LogP contribution is -2.31. The lowest BCUT2D eigenvalue weighted by molar-refractivity contribution is 0.0937. The van der Waals surface area contributed by atoms with Gasteiger partial charge in [0.05, 0.1) is 5.56 Å². The molecule has 0 saturated heterocycles. The Morgan fingerprint density at radius 2 is 2.00 bits per heavy atom. The summed E-state index contributed by atoms with van der Waals surface area (Å²) in [5.74, 6) is -0.483. The van der Waals surface area contributed by atoms with Crippen molar-refractivity contribution in [1.82, 2.24) is 14.9 Å². The normalized spacial score (nSPS) is 12.0. The minimum absolute atomic E-state index is 0.0393. The molecule has 4 nitrogen and oxygen atoms in total. The van der Waals surface area contributed by atoms with E-state index in [-0.39, 0.29) is 5.56 Å². The Morgan fingerprint density at radius 1 is 1.28 bits per heavy atom. The molecule has 0 unspecified atom stereocenters. The summed E-state index contributed by atoms with van der Waals surface area (Å²) in [6, 6.07) is 10.8. The third-order valence-electron chi connectivity index (χ3n) is 3.77. The molecule has 1 atom stereocenters. The van der Waals surface area contributed by atoms with Gasteiger partial charge in [-0.15, -0.1) is 0 Å². The minimum Gasteiger partial charge on any atom is -0.338 e. The number of hydrogen-bond acceptors (Lipinski definition) is 2. The molecule has 1 heterocycles. The van der Waals surface area contributed by atoms with Crippen molar-refractivity contribution >= 4 is 33.4 Å². The van der Waals surface area contributed by atoms with Gasteiger partial charge in [-0.2, -0.15) is 0 Å². The number of carbonyl (C=O) groups excluding carboxylic acids is 1. The summed E-state index contributed by atoms with van der Waals surface area (Å²) < 4.78 is 16.5. The van der Waals surface area contributed by atoms with Gasteiger partial charge < -0.3 is 9.88 Å². The van der Waals surface area contributed by atoms with E-state index in [1.165, 1.54) is 12.1 Å². The Balaban J connectivity index is 1.98. The zero-order valence-electron chi connectivity index (χ0n) is 13.2. The number of aromatic nitrogens is 2. The quantitative estimate of drug-likeness (QED) is 0.673. The fourth-order valence-electron chi connectivity index (χ4n) is 2.49. The highest BCUT2D eigenvalue weighted by Crippen LogP contribution is 2.24. The van der Waals surface area contributed by atoms with E-state index in [4.69, 9.17) is 11.6 Å². The van der Waals surface area contributed by atoms with Gasteiger partial charge in [0.25, 0.3) is 5.91 Å². The van der Waals surface area contributed by atoms with Crippen LogP contribution in [0.4, 0.5) is 4.39 Å². The molecule has 2 aromatic carbocycles. The maximum Gasteiger partial charge on any atom is 0.255 e. The van der Waals surface area contributed by atoms with Crippen molar-refractivity contribution in [2.45, 2.75) is 6.04 Å². The molecule has 1 amide bonds. The SMILES string of the molecule is Cn1ccnc1[C@H](NC(=O)c1cc(Br)ccc1F)c1ccc(Cl)cc1. The Bertz CT molecular complexity index is 911. The molecule has 0 aliphatic carbocycles. The maximum atomic E-state index is 14.0. The highest BCUT2D eigenvalue weighted by atomic mass is 79.9. The second-order valence-electron chi connectivity index (χ2n) is 5.48. The fraction of sp³-hybridized carbons (Fsp3) is 0.111. The zero-order chi connectivity index (χ0) is 18.0. The van der Waals surface area contributed by atoms with Gasteiger partial charge in [-0.3, -0.25) is 4.79 Å². The largest absolute Gasteiger partial charge is 0.338 e. The second-order valence-corrected chi connectivity index (χ2v) is 6.83. The van der Waals surface area contributed by atoms with Gasteiger partial charge in [-0.25, -0.2) is 9.37 Å². The number of carbonyl (C=O) groups is 1. The maximum absolute atomic E-state index is 14.0. The van der Waals surface area contributed by atoms with Gasteiger partial charge in [-0.1, -0.05) is 39.7 Å². The summed E-state index contributed by atoms with van der Waals surface area (Å²) in [7, 11) is 1.83. The Kier molecular flexibility index (Phi) is 5.20. The van der Waals surface area contributed by atoms with E-state index >= 15 is 0 Å². The van der Waals surface area contributed by atoms with Crippen molar-refractivity contribution < 1.29 is 9.18 Å². The van der Waals surface area contributed by atoms with Crippen molar-refractivity contribution in [2.75, 3.05) is 0 Å². The van der Waals surface area contributed by atoms with Crippen LogP contribution in [-0.4, -0.2) is 15.5 Å². The molecule has 25 heavy (non-hydrogen) atoms. The number of aryl methyl sites for hydroxylation is 1. The van der Waals surface area contributed by atoms with E-state index in [1.807, 2.05) is 7.05 Å². The van der Waals surface area contributed by atoms with Crippen LogP contribution in [0.25, 0.3) is 0 Å². The van der Waals surface area contributed by atoms with E-state index in [0.29, 0.717) is 15.3 Å². The standard InChI is InChI=1S/C18H14BrClFN3O/c1-24-9-8-22-17(24)16(11-2-5-13(20)6-3-11)23-18(25)14-10-12(19)4-7-15(14)21/h2-10,16H,1H3,(H,23,25)/t16-/m1/s1. The van der Waals surface area contributed by atoms with Gasteiger partial charge in [0.2, 0.25) is 0 Å². The summed E-state index contributed by atoms with van der Waals surface area (Å²) in [6.45, 7) is 0.